The van der Waals surface area contributed by atoms with Crippen molar-refractivity contribution in [2.24, 2.45) is 0 Å². The van der Waals surface area contributed by atoms with Gasteiger partial charge in [-0.05, 0) is 51.1 Å². The van der Waals surface area contributed by atoms with Crippen LogP contribution in [-0.4, -0.2) is 165 Å². The Labute approximate surface area is 298 Å². The third-order valence-electron chi connectivity index (χ3n) is 6.43. The van der Waals surface area contributed by atoms with Gasteiger partial charge >= 0.3 is 11.9 Å². The molecule has 0 aromatic carbocycles. The van der Waals surface area contributed by atoms with Crippen LogP contribution < -0.4 is 0 Å². The number of rotatable bonds is 28. The van der Waals surface area contributed by atoms with Crippen molar-refractivity contribution in [1.29, 1.82) is 0 Å². The lowest BCUT2D eigenvalue weighted by Gasteiger charge is -2.34. The van der Waals surface area contributed by atoms with Crippen LogP contribution in [0.5, 0.6) is 0 Å². The highest BCUT2D eigenvalue weighted by Crippen LogP contribution is 2.24. The minimum absolute atomic E-state index is 0. The van der Waals surface area contributed by atoms with Gasteiger partial charge in [-0.3, -0.25) is 9.59 Å². The minimum atomic E-state index is -1.59. The summed E-state index contributed by atoms with van der Waals surface area (Å²) in [4.78, 5) is 21.5. The second-order valence-electron chi connectivity index (χ2n) is 12.6. The fourth-order valence-electron chi connectivity index (χ4n) is 4.09. The number of aliphatic hydroxyl groups is 3. The van der Waals surface area contributed by atoms with Crippen molar-refractivity contribution in [2.75, 3.05) is 91.0 Å². The summed E-state index contributed by atoms with van der Waals surface area (Å²) in [6.45, 7) is 13.2. The first-order chi connectivity index (χ1) is 22.2. The normalized spacial score (nSPS) is 18.9. The van der Waals surface area contributed by atoms with Gasteiger partial charge < -0.3 is 57.3 Å². The molecule has 2 aliphatic rings. The van der Waals surface area contributed by atoms with E-state index >= 15 is 0 Å². The SMILES string of the molecule is C.C[Si](C)(CCCOCC1CO1)O[Si](C)(C)CCCOCC1CO1.O=C(CCl)OCC(O)COCC(O)COCC(O)COC(=O)CCl. The molecule has 2 rings (SSSR count). The Morgan fingerprint density at radius 1 is 0.667 bits per heavy atom. The van der Waals surface area contributed by atoms with Gasteiger partial charge in [0, 0.05) is 13.2 Å². The first-order valence-corrected chi connectivity index (χ1v) is 23.3. The van der Waals surface area contributed by atoms with Crippen LogP contribution in [0.2, 0.25) is 38.3 Å². The molecule has 14 nitrogen and oxygen atoms in total. The van der Waals surface area contributed by atoms with E-state index < -0.39 is 46.9 Å². The summed E-state index contributed by atoms with van der Waals surface area (Å²) in [5.74, 6) is -1.92. The van der Waals surface area contributed by atoms with Crippen molar-refractivity contribution >= 4 is 51.8 Å². The number of halogens is 2. The van der Waals surface area contributed by atoms with Crippen LogP contribution in [0.25, 0.3) is 0 Å². The number of esters is 2. The molecule has 4 atom stereocenters. The summed E-state index contributed by atoms with van der Waals surface area (Å²) < 4.78 is 47.4. The third kappa shape index (κ3) is 29.3. The molecule has 0 bridgehead atoms. The van der Waals surface area contributed by atoms with E-state index in [9.17, 15) is 24.9 Å². The molecule has 0 saturated carbocycles. The van der Waals surface area contributed by atoms with Gasteiger partial charge in [0.2, 0.25) is 0 Å². The summed E-state index contributed by atoms with van der Waals surface area (Å²) in [6, 6.07) is 2.34. The van der Waals surface area contributed by atoms with Crippen LogP contribution in [0.15, 0.2) is 0 Å². The van der Waals surface area contributed by atoms with Gasteiger partial charge in [-0.15, -0.1) is 23.2 Å². The van der Waals surface area contributed by atoms with Crippen LogP contribution in [-0.2, 0) is 51.6 Å². The molecule has 286 valence electrons. The molecule has 0 aliphatic carbocycles. The first kappa shape index (κ1) is 47.6. The smallest absolute Gasteiger partial charge is 0.320 e. The molecule has 2 heterocycles. The van der Waals surface area contributed by atoms with Gasteiger partial charge in [-0.2, -0.15) is 0 Å². The van der Waals surface area contributed by atoms with Gasteiger partial charge in [-0.1, -0.05) is 7.43 Å². The van der Waals surface area contributed by atoms with Crippen molar-refractivity contribution in [2.45, 2.75) is 89.1 Å². The quantitative estimate of drug-likeness (QED) is 0.0346. The van der Waals surface area contributed by atoms with E-state index in [-0.39, 0.29) is 58.8 Å². The highest BCUT2D eigenvalue weighted by molar-refractivity contribution is 6.84. The summed E-state index contributed by atoms with van der Waals surface area (Å²) in [6.07, 6.45) is -0.123. The molecule has 0 radical (unpaired) electrons. The number of ether oxygens (including phenoxy) is 8. The summed E-state index contributed by atoms with van der Waals surface area (Å²) in [5.41, 5.74) is 0. The maximum atomic E-state index is 10.8. The van der Waals surface area contributed by atoms with Crippen LogP contribution in [0.1, 0.15) is 20.3 Å². The molecule has 0 aromatic rings. The zero-order valence-corrected chi connectivity index (χ0v) is 31.7. The van der Waals surface area contributed by atoms with E-state index in [1.165, 1.54) is 12.1 Å². The molecule has 2 saturated heterocycles. The van der Waals surface area contributed by atoms with Crippen molar-refractivity contribution in [3.8, 4) is 0 Å². The van der Waals surface area contributed by atoms with E-state index in [1.807, 2.05) is 0 Å². The monoisotopic (exact) mass is 770 g/mol. The Morgan fingerprint density at radius 2 is 1.00 bits per heavy atom. The van der Waals surface area contributed by atoms with E-state index in [2.05, 4.69) is 35.7 Å². The fourth-order valence-corrected chi connectivity index (χ4v) is 13.0. The molecular formula is C30H60Cl2O14Si2. The van der Waals surface area contributed by atoms with Crippen molar-refractivity contribution < 1.29 is 66.9 Å². The number of epoxide rings is 2. The molecule has 48 heavy (non-hydrogen) atoms. The first-order valence-electron chi connectivity index (χ1n) is 16.0. The van der Waals surface area contributed by atoms with Crippen LogP contribution in [0.3, 0.4) is 0 Å². The van der Waals surface area contributed by atoms with E-state index in [0.29, 0.717) is 12.2 Å². The second kappa shape index (κ2) is 27.2. The van der Waals surface area contributed by atoms with Gasteiger partial charge in [-0.25, -0.2) is 0 Å². The zero-order valence-electron chi connectivity index (χ0n) is 28.2. The molecule has 0 amide bonds. The molecule has 0 aromatic heterocycles. The lowest BCUT2D eigenvalue weighted by molar-refractivity contribution is -0.145. The summed E-state index contributed by atoms with van der Waals surface area (Å²) >= 11 is 10.4. The molecule has 18 heteroatoms. The van der Waals surface area contributed by atoms with Gasteiger partial charge in [0.25, 0.3) is 0 Å². The van der Waals surface area contributed by atoms with Crippen molar-refractivity contribution in [3.63, 3.8) is 0 Å². The van der Waals surface area contributed by atoms with Crippen molar-refractivity contribution in [1.82, 2.24) is 0 Å². The summed E-state index contributed by atoms with van der Waals surface area (Å²) in [7, 11) is -3.17. The Balaban J connectivity index is 0.000000902. The molecule has 0 spiro atoms. The number of aliphatic hydroxyl groups excluding tert-OH is 3. The van der Waals surface area contributed by atoms with Crippen LogP contribution >= 0.6 is 23.2 Å². The van der Waals surface area contributed by atoms with Crippen LogP contribution in [0, 0.1) is 0 Å². The van der Waals surface area contributed by atoms with E-state index in [0.717, 1.165) is 52.5 Å². The van der Waals surface area contributed by atoms with E-state index in [1.54, 1.807) is 0 Å². The predicted octanol–water partition coefficient (Wildman–Crippen LogP) is 2.33. The maximum absolute atomic E-state index is 10.8. The highest BCUT2D eigenvalue weighted by Gasteiger charge is 2.32. The Kier molecular flexibility index (Phi) is 27.0. The lowest BCUT2D eigenvalue weighted by atomic mass is 10.3. The topological polar surface area (TPSA) is 184 Å². The maximum Gasteiger partial charge on any atom is 0.320 e. The standard InChI is InChI=1S/C16H34O5Si2.C13H22Cl2O9.CH4/c1-22(2,9-5-7-17-11-15-13-19-15)21-23(3,4)10-6-8-18-12-16-14-20-16;14-1-12(19)23-7-10(17)5-21-3-9(16)4-22-6-11(18)8-24-13(20)2-15;/h15-16H,5-14H2,1-4H3;9-11,16-18H,1-8H2;1H4. The van der Waals surface area contributed by atoms with Crippen molar-refractivity contribution in [3.05, 3.63) is 0 Å². The van der Waals surface area contributed by atoms with E-state index in [4.69, 9.17) is 55.7 Å². The number of carbonyl (C=O) groups is 2. The number of carbonyl (C=O) groups excluding carboxylic acids is 2. The Hall–Kier alpha value is -0.446. The fraction of sp³-hybridized carbons (Fsp3) is 0.933. The average Bonchev–Trinajstić information content (AvgIpc) is 3.94. The molecular weight excluding hydrogens is 711 g/mol. The molecule has 2 aliphatic heterocycles. The number of hydrogen-bond donors (Lipinski definition) is 3. The largest absolute Gasteiger partial charge is 0.462 e. The number of hydrogen-bond acceptors (Lipinski definition) is 14. The van der Waals surface area contributed by atoms with Gasteiger partial charge in [0.1, 0.15) is 55.5 Å². The van der Waals surface area contributed by atoms with Gasteiger partial charge in [0.05, 0.1) is 52.9 Å². The Bertz CT molecular complexity index is 773. The minimum Gasteiger partial charge on any atom is -0.462 e. The molecule has 4 unspecified atom stereocenters. The zero-order chi connectivity index (χ0) is 35.1. The third-order valence-corrected chi connectivity index (χ3v) is 14.4. The summed E-state index contributed by atoms with van der Waals surface area (Å²) in [5, 5.41) is 28.4. The molecule has 3 N–H and O–H groups in total. The highest BCUT2D eigenvalue weighted by atomic mass is 35.5. The molecule has 2 fully saturated rings. The second-order valence-corrected chi connectivity index (χ2v) is 21.9. The predicted molar refractivity (Wildman–Crippen MR) is 186 cm³/mol. The van der Waals surface area contributed by atoms with Gasteiger partial charge in [0.15, 0.2) is 16.6 Å². The lowest BCUT2D eigenvalue weighted by Crippen LogP contribution is -2.44. The number of alkyl halides is 2. The van der Waals surface area contributed by atoms with Crippen LogP contribution in [0.4, 0.5) is 0 Å². The average molecular weight is 772 g/mol. The Morgan fingerprint density at radius 3 is 1.31 bits per heavy atom.